The molecule has 1 aromatic carbocycles. The highest BCUT2D eigenvalue weighted by Gasteiger charge is 2.15. The quantitative estimate of drug-likeness (QED) is 0.661. The molecule has 15 heavy (non-hydrogen) atoms. The summed E-state index contributed by atoms with van der Waals surface area (Å²) in [5, 5.41) is 0.258. The molecular weight excluding hydrogens is 204 g/mol. The molecule has 0 saturated heterocycles. The molecule has 0 bridgehead atoms. The molecule has 0 heterocycles. The summed E-state index contributed by atoms with van der Waals surface area (Å²) in [6.45, 7) is 8.70. The Hall–Kier alpha value is -0.490. The fraction of sp³-hybridized carbons (Fsp3) is 0.571. The van der Waals surface area contributed by atoms with Crippen molar-refractivity contribution in [3.63, 3.8) is 0 Å². The predicted octanol–water partition coefficient (Wildman–Crippen LogP) is 4.50. The minimum absolute atomic E-state index is 0.258. The first-order valence-corrected chi connectivity index (χ1v) is 6.19. The van der Waals surface area contributed by atoms with Crippen LogP contribution in [-0.4, -0.2) is 5.38 Å². The molecule has 2 atom stereocenters. The lowest BCUT2D eigenvalue weighted by atomic mass is 9.89. The summed E-state index contributed by atoms with van der Waals surface area (Å²) in [4.78, 5) is 0. The number of aryl methyl sites for hydroxylation is 2. The molecule has 0 nitrogen and oxygen atoms in total. The first kappa shape index (κ1) is 12.6. The van der Waals surface area contributed by atoms with Gasteiger partial charge in [0.2, 0.25) is 0 Å². The molecule has 1 aromatic rings. The van der Waals surface area contributed by atoms with E-state index in [4.69, 9.17) is 11.6 Å². The van der Waals surface area contributed by atoms with E-state index in [2.05, 4.69) is 45.9 Å². The number of halogens is 1. The summed E-state index contributed by atoms with van der Waals surface area (Å²) in [5.74, 6) is 0.589. The Balaban J connectivity index is 2.87. The lowest BCUT2D eigenvalue weighted by Gasteiger charge is -2.20. The van der Waals surface area contributed by atoms with Gasteiger partial charge in [-0.1, -0.05) is 31.5 Å². The fourth-order valence-electron chi connectivity index (χ4n) is 2.06. The highest BCUT2D eigenvalue weighted by molar-refractivity contribution is 6.20. The van der Waals surface area contributed by atoms with Crippen LogP contribution in [0.3, 0.4) is 0 Å². The molecule has 0 spiro atoms. The van der Waals surface area contributed by atoms with E-state index >= 15 is 0 Å². The highest BCUT2D eigenvalue weighted by atomic mass is 35.5. The van der Waals surface area contributed by atoms with Crippen molar-refractivity contribution in [2.24, 2.45) is 5.92 Å². The van der Waals surface area contributed by atoms with E-state index in [1.807, 2.05) is 0 Å². The van der Waals surface area contributed by atoms with Gasteiger partial charge in [-0.15, -0.1) is 11.6 Å². The average molecular weight is 225 g/mol. The van der Waals surface area contributed by atoms with Crippen LogP contribution in [0.4, 0.5) is 0 Å². The van der Waals surface area contributed by atoms with E-state index in [9.17, 15) is 0 Å². The van der Waals surface area contributed by atoms with Crippen LogP contribution < -0.4 is 0 Å². The van der Waals surface area contributed by atoms with E-state index in [-0.39, 0.29) is 5.38 Å². The Morgan fingerprint density at radius 1 is 1.20 bits per heavy atom. The third-order valence-corrected chi connectivity index (χ3v) is 3.64. The lowest BCUT2D eigenvalue weighted by molar-refractivity contribution is 0.495. The minimum Gasteiger partial charge on any atom is -0.123 e. The van der Waals surface area contributed by atoms with Gasteiger partial charge in [0.15, 0.2) is 0 Å². The Bertz CT molecular complexity index is 295. The molecule has 1 heteroatoms. The zero-order valence-corrected chi connectivity index (χ0v) is 10.9. The van der Waals surface area contributed by atoms with Crippen molar-refractivity contribution < 1.29 is 0 Å². The Morgan fingerprint density at radius 2 is 1.73 bits per heavy atom. The van der Waals surface area contributed by atoms with Gasteiger partial charge in [0.25, 0.3) is 0 Å². The van der Waals surface area contributed by atoms with Crippen LogP contribution in [-0.2, 0) is 6.42 Å². The maximum atomic E-state index is 6.20. The summed E-state index contributed by atoms with van der Waals surface area (Å²) in [6, 6.07) is 6.50. The number of hydrogen-bond acceptors (Lipinski definition) is 0. The van der Waals surface area contributed by atoms with Crippen LogP contribution in [0.15, 0.2) is 18.2 Å². The van der Waals surface area contributed by atoms with E-state index in [0.717, 1.165) is 12.8 Å². The maximum Gasteiger partial charge on any atom is 0.0339 e. The Labute approximate surface area is 98.7 Å². The number of rotatable bonds is 4. The van der Waals surface area contributed by atoms with Crippen molar-refractivity contribution in [2.45, 2.75) is 45.9 Å². The molecule has 0 radical (unpaired) electrons. The number of benzene rings is 1. The van der Waals surface area contributed by atoms with Gasteiger partial charge < -0.3 is 0 Å². The monoisotopic (exact) mass is 224 g/mol. The first-order chi connectivity index (χ1) is 7.06. The molecule has 84 valence electrons. The SMILES string of the molecule is CCC(Cc1c(C)cccc1C)C(C)Cl. The summed E-state index contributed by atoms with van der Waals surface area (Å²) >= 11 is 6.20. The molecule has 0 aliphatic heterocycles. The van der Waals surface area contributed by atoms with Crippen molar-refractivity contribution in [3.8, 4) is 0 Å². The molecule has 0 N–H and O–H groups in total. The zero-order valence-electron chi connectivity index (χ0n) is 10.2. The molecule has 0 aliphatic carbocycles. The average Bonchev–Trinajstić information content (AvgIpc) is 2.17. The molecule has 0 fully saturated rings. The van der Waals surface area contributed by atoms with Crippen molar-refractivity contribution in [1.29, 1.82) is 0 Å². The summed E-state index contributed by atoms with van der Waals surface area (Å²) in [6.07, 6.45) is 2.26. The molecular formula is C14H21Cl. The Kier molecular flexibility index (Phi) is 4.66. The molecule has 0 saturated carbocycles. The summed E-state index contributed by atoms with van der Waals surface area (Å²) < 4.78 is 0. The summed E-state index contributed by atoms with van der Waals surface area (Å²) in [5.41, 5.74) is 4.27. The molecule has 2 unspecified atom stereocenters. The summed E-state index contributed by atoms with van der Waals surface area (Å²) in [7, 11) is 0. The van der Waals surface area contributed by atoms with E-state index < -0.39 is 0 Å². The highest BCUT2D eigenvalue weighted by Crippen LogP contribution is 2.23. The van der Waals surface area contributed by atoms with Gasteiger partial charge in [-0.05, 0) is 49.8 Å². The van der Waals surface area contributed by atoms with Crippen molar-refractivity contribution in [2.75, 3.05) is 0 Å². The van der Waals surface area contributed by atoms with Crippen LogP contribution in [0.1, 0.15) is 37.0 Å². The van der Waals surface area contributed by atoms with Crippen molar-refractivity contribution >= 4 is 11.6 Å². The predicted molar refractivity (Wildman–Crippen MR) is 68.7 cm³/mol. The first-order valence-electron chi connectivity index (χ1n) is 5.75. The van der Waals surface area contributed by atoms with Crippen LogP contribution in [0.25, 0.3) is 0 Å². The maximum absolute atomic E-state index is 6.20. The molecule has 0 amide bonds. The molecule has 0 aliphatic rings. The van der Waals surface area contributed by atoms with Crippen molar-refractivity contribution in [1.82, 2.24) is 0 Å². The smallest absolute Gasteiger partial charge is 0.0339 e. The van der Waals surface area contributed by atoms with Crippen LogP contribution in [0.2, 0.25) is 0 Å². The van der Waals surface area contributed by atoms with Crippen LogP contribution in [0.5, 0.6) is 0 Å². The number of hydrogen-bond donors (Lipinski definition) is 0. The molecule has 1 rings (SSSR count). The second kappa shape index (κ2) is 5.55. The second-order valence-electron chi connectivity index (χ2n) is 4.42. The minimum atomic E-state index is 0.258. The lowest BCUT2D eigenvalue weighted by Crippen LogP contribution is -2.14. The van der Waals surface area contributed by atoms with Gasteiger partial charge in [0.1, 0.15) is 0 Å². The second-order valence-corrected chi connectivity index (χ2v) is 5.11. The Morgan fingerprint density at radius 3 is 2.13 bits per heavy atom. The van der Waals surface area contributed by atoms with E-state index in [1.54, 1.807) is 0 Å². The standard InChI is InChI=1S/C14H21Cl/c1-5-13(12(4)15)9-14-10(2)7-6-8-11(14)3/h6-8,12-13H,5,9H2,1-4H3. The van der Waals surface area contributed by atoms with E-state index in [0.29, 0.717) is 5.92 Å². The zero-order chi connectivity index (χ0) is 11.4. The third-order valence-electron chi connectivity index (χ3n) is 3.28. The topological polar surface area (TPSA) is 0 Å². The fourth-order valence-corrected chi connectivity index (χ4v) is 2.33. The normalized spacial score (nSPS) is 15.0. The van der Waals surface area contributed by atoms with Gasteiger partial charge in [-0.3, -0.25) is 0 Å². The van der Waals surface area contributed by atoms with Crippen LogP contribution >= 0.6 is 11.6 Å². The van der Waals surface area contributed by atoms with Gasteiger partial charge in [0.05, 0.1) is 0 Å². The van der Waals surface area contributed by atoms with Gasteiger partial charge in [-0.25, -0.2) is 0 Å². The largest absolute Gasteiger partial charge is 0.123 e. The number of alkyl halides is 1. The van der Waals surface area contributed by atoms with E-state index in [1.165, 1.54) is 16.7 Å². The van der Waals surface area contributed by atoms with Gasteiger partial charge in [0, 0.05) is 5.38 Å². The van der Waals surface area contributed by atoms with Crippen molar-refractivity contribution in [3.05, 3.63) is 34.9 Å². The van der Waals surface area contributed by atoms with Gasteiger partial charge in [-0.2, -0.15) is 0 Å². The molecule has 0 aromatic heterocycles. The van der Waals surface area contributed by atoms with Crippen LogP contribution in [0, 0.1) is 19.8 Å². The van der Waals surface area contributed by atoms with Gasteiger partial charge >= 0.3 is 0 Å². The third kappa shape index (κ3) is 3.24.